The summed E-state index contributed by atoms with van der Waals surface area (Å²) in [6, 6.07) is 11.5. The van der Waals surface area contributed by atoms with E-state index in [2.05, 4.69) is 20.7 Å². The molecule has 1 amide bonds. The first-order valence-corrected chi connectivity index (χ1v) is 9.31. The Morgan fingerprint density at radius 2 is 1.62 bits per heavy atom. The Balaban J connectivity index is 2.23. The van der Waals surface area contributed by atoms with E-state index in [0.29, 0.717) is 21.5 Å². The molecule has 6 nitrogen and oxygen atoms in total. The number of carbonyl (C=O) groups excluding carboxylic acids is 1. The number of hydrogen-bond donors (Lipinski definition) is 1. The van der Waals surface area contributed by atoms with Crippen molar-refractivity contribution in [2.45, 2.75) is 5.75 Å². The Morgan fingerprint density at radius 3 is 2.12 bits per heavy atom. The van der Waals surface area contributed by atoms with Gasteiger partial charge in [0.15, 0.2) is 0 Å². The van der Waals surface area contributed by atoms with Crippen LogP contribution in [0.1, 0.15) is 15.9 Å². The first-order chi connectivity index (χ1) is 11.4. The molecule has 0 radical (unpaired) electrons. The van der Waals surface area contributed by atoms with Crippen molar-refractivity contribution < 1.29 is 22.7 Å². The minimum atomic E-state index is -3.82. The molecule has 0 saturated carbocycles. The molecule has 1 N–H and O–H groups in total. The first-order valence-electron chi connectivity index (χ1n) is 6.86. The van der Waals surface area contributed by atoms with Crippen molar-refractivity contribution in [2.24, 2.45) is 0 Å². The summed E-state index contributed by atoms with van der Waals surface area (Å²) in [6.07, 6.45) is 0. The Bertz CT molecular complexity index is 812. The fourth-order valence-corrected chi connectivity index (χ4v) is 3.69. The number of rotatable bonds is 6. The highest BCUT2D eigenvalue weighted by atomic mass is 79.9. The number of ether oxygens (including phenoxy) is 2. The third kappa shape index (κ3) is 4.48. The summed E-state index contributed by atoms with van der Waals surface area (Å²) in [4.78, 5) is 12.3. The van der Waals surface area contributed by atoms with E-state index in [9.17, 15) is 13.2 Å². The maximum absolute atomic E-state index is 12.3. The Kier molecular flexibility index (Phi) is 5.84. The van der Waals surface area contributed by atoms with Crippen molar-refractivity contribution in [3.8, 4) is 11.5 Å². The number of amides is 1. The number of methoxy groups -OCH3 is 2. The standard InChI is InChI=1S/C16H16BrNO5S/c1-22-13-8-12(9-14(23-2)15(13)17)16(19)18-24(20,21)10-11-6-4-3-5-7-11/h3-9H,10H2,1-2H3,(H,18,19). The lowest BCUT2D eigenvalue weighted by Crippen LogP contribution is -2.31. The number of nitrogens with one attached hydrogen (secondary N) is 1. The molecule has 0 saturated heterocycles. The van der Waals surface area contributed by atoms with Gasteiger partial charge in [-0.25, -0.2) is 13.1 Å². The van der Waals surface area contributed by atoms with Crippen molar-refractivity contribution in [2.75, 3.05) is 14.2 Å². The van der Waals surface area contributed by atoms with Crippen LogP contribution in [0.5, 0.6) is 11.5 Å². The summed E-state index contributed by atoms with van der Waals surface area (Å²) in [5.74, 6) is -0.320. The molecule has 128 valence electrons. The maximum atomic E-state index is 12.3. The van der Waals surface area contributed by atoms with Crippen LogP contribution in [0.15, 0.2) is 46.9 Å². The van der Waals surface area contributed by atoms with Gasteiger partial charge in [-0.1, -0.05) is 30.3 Å². The topological polar surface area (TPSA) is 81.7 Å². The van der Waals surface area contributed by atoms with Gasteiger partial charge < -0.3 is 9.47 Å². The van der Waals surface area contributed by atoms with Crippen LogP contribution >= 0.6 is 15.9 Å². The third-order valence-electron chi connectivity index (χ3n) is 3.16. The van der Waals surface area contributed by atoms with Crippen LogP contribution in [-0.2, 0) is 15.8 Å². The molecule has 0 aliphatic carbocycles. The average Bonchev–Trinajstić information content (AvgIpc) is 2.55. The van der Waals surface area contributed by atoms with Gasteiger partial charge in [0, 0.05) is 5.56 Å². The van der Waals surface area contributed by atoms with E-state index >= 15 is 0 Å². The minimum absolute atomic E-state index is 0.114. The first kappa shape index (κ1) is 18.3. The van der Waals surface area contributed by atoms with Gasteiger partial charge in [0.25, 0.3) is 5.91 Å². The molecule has 2 rings (SSSR count). The molecule has 0 aliphatic heterocycles. The normalized spacial score (nSPS) is 11.0. The predicted octanol–water partition coefficient (Wildman–Crippen LogP) is 2.73. The van der Waals surface area contributed by atoms with Gasteiger partial charge in [-0.3, -0.25) is 4.79 Å². The zero-order chi connectivity index (χ0) is 17.7. The Labute approximate surface area is 149 Å². The van der Waals surface area contributed by atoms with Gasteiger partial charge in [-0.05, 0) is 33.6 Å². The highest BCUT2D eigenvalue weighted by Gasteiger charge is 2.20. The second-order valence-electron chi connectivity index (χ2n) is 4.87. The summed E-state index contributed by atoms with van der Waals surface area (Å²) in [6.45, 7) is 0. The average molecular weight is 414 g/mol. The van der Waals surface area contributed by atoms with E-state index in [1.54, 1.807) is 30.3 Å². The fraction of sp³-hybridized carbons (Fsp3) is 0.188. The van der Waals surface area contributed by atoms with Gasteiger partial charge in [0.1, 0.15) is 16.0 Å². The summed E-state index contributed by atoms with van der Waals surface area (Å²) in [5, 5.41) is 0. The van der Waals surface area contributed by atoms with Crippen LogP contribution in [0.25, 0.3) is 0 Å². The van der Waals surface area contributed by atoms with E-state index in [-0.39, 0.29) is 11.3 Å². The lowest BCUT2D eigenvalue weighted by molar-refractivity contribution is 0.0980. The summed E-state index contributed by atoms with van der Waals surface area (Å²) < 4.78 is 37.2. The third-order valence-corrected chi connectivity index (χ3v) is 5.15. The van der Waals surface area contributed by atoms with Gasteiger partial charge in [-0.15, -0.1) is 0 Å². The van der Waals surface area contributed by atoms with Gasteiger partial charge in [-0.2, -0.15) is 0 Å². The van der Waals surface area contributed by atoms with Gasteiger partial charge >= 0.3 is 0 Å². The molecule has 0 spiro atoms. The van der Waals surface area contributed by atoms with Crippen molar-refractivity contribution in [3.63, 3.8) is 0 Å². The van der Waals surface area contributed by atoms with Crippen LogP contribution in [-0.4, -0.2) is 28.5 Å². The van der Waals surface area contributed by atoms with E-state index < -0.39 is 15.9 Å². The largest absolute Gasteiger partial charge is 0.495 e. The zero-order valence-corrected chi connectivity index (χ0v) is 15.5. The number of carbonyl (C=O) groups is 1. The van der Waals surface area contributed by atoms with E-state index in [4.69, 9.17) is 9.47 Å². The van der Waals surface area contributed by atoms with E-state index in [1.165, 1.54) is 26.4 Å². The molecule has 8 heteroatoms. The van der Waals surface area contributed by atoms with Crippen LogP contribution in [0.4, 0.5) is 0 Å². The molecule has 0 heterocycles. The van der Waals surface area contributed by atoms with Gasteiger partial charge in [0.05, 0.1) is 20.0 Å². The molecule has 0 bridgehead atoms. The van der Waals surface area contributed by atoms with Crippen LogP contribution in [0, 0.1) is 0 Å². The molecule has 2 aromatic carbocycles. The lowest BCUT2D eigenvalue weighted by atomic mass is 10.2. The number of halogens is 1. The van der Waals surface area contributed by atoms with Crippen molar-refractivity contribution >= 4 is 31.9 Å². The molecule has 0 aromatic heterocycles. The Morgan fingerprint density at radius 1 is 1.08 bits per heavy atom. The molecule has 2 aromatic rings. The van der Waals surface area contributed by atoms with Crippen molar-refractivity contribution in [1.82, 2.24) is 4.72 Å². The number of hydrogen-bond acceptors (Lipinski definition) is 5. The zero-order valence-electron chi connectivity index (χ0n) is 13.1. The lowest BCUT2D eigenvalue weighted by Gasteiger charge is -2.12. The van der Waals surface area contributed by atoms with Crippen molar-refractivity contribution in [3.05, 3.63) is 58.1 Å². The van der Waals surface area contributed by atoms with E-state index in [1.807, 2.05) is 0 Å². The fourth-order valence-electron chi connectivity index (χ4n) is 2.03. The monoisotopic (exact) mass is 413 g/mol. The molecule has 0 aliphatic rings. The molecule has 0 unspecified atom stereocenters. The summed E-state index contributed by atoms with van der Waals surface area (Å²) in [7, 11) is -0.948. The molecule has 0 fully saturated rings. The Hall–Kier alpha value is -2.06. The van der Waals surface area contributed by atoms with Crippen LogP contribution in [0.3, 0.4) is 0 Å². The molecule has 0 atom stereocenters. The van der Waals surface area contributed by atoms with E-state index in [0.717, 1.165) is 0 Å². The second kappa shape index (κ2) is 7.67. The summed E-state index contributed by atoms with van der Waals surface area (Å²) >= 11 is 3.29. The summed E-state index contributed by atoms with van der Waals surface area (Å²) in [5.41, 5.74) is 0.701. The van der Waals surface area contributed by atoms with Crippen molar-refractivity contribution in [1.29, 1.82) is 0 Å². The molecular formula is C16H16BrNO5S. The second-order valence-corrected chi connectivity index (χ2v) is 7.39. The quantitative estimate of drug-likeness (QED) is 0.786. The highest BCUT2D eigenvalue weighted by molar-refractivity contribution is 9.10. The molecular weight excluding hydrogens is 398 g/mol. The predicted molar refractivity (Wildman–Crippen MR) is 93.8 cm³/mol. The SMILES string of the molecule is COc1cc(C(=O)NS(=O)(=O)Cc2ccccc2)cc(OC)c1Br. The minimum Gasteiger partial charge on any atom is -0.495 e. The number of benzene rings is 2. The smallest absolute Gasteiger partial charge is 0.265 e. The molecule has 24 heavy (non-hydrogen) atoms. The van der Waals surface area contributed by atoms with Crippen LogP contribution in [0.2, 0.25) is 0 Å². The number of sulfonamides is 1. The highest BCUT2D eigenvalue weighted by Crippen LogP contribution is 2.35. The van der Waals surface area contributed by atoms with Gasteiger partial charge in [0.2, 0.25) is 10.0 Å². The maximum Gasteiger partial charge on any atom is 0.265 e. The van der Waals surface area contributed by atoms with Crippen LogP contribution < -0.4 is 14.2 Å².